The Kier molecular flexibility index (Phi) is 10.2. The predicted octanol–water partition coefficient (Wildman–Crippen LogP) is 3.13. The highest BCUT2D eigenvalue weighted by Gasteiger charge is 2.45. The summed E-state index contributed by atoms with van der Waals surface area (Å²) in [7, 11) is 0. The van der Waals surface area contributed by atoms with Crippen molar-refractivity contribution in [2.24, 2.45) is 5.92 Å². The molecule has 2 aliphatic heterocycles. The maximum absolute atomic E-state index is 13.5. The maximum atomic E-state index is 13.5. The summed E-state index contributed by atoms with van der Waals surface area (Å²) < 4.78 is 5.81. The van der Waals surface area contributed by atoms with E-state index < -0.39 is 17.7 Å². The quantitative estimate of drug-likeness (QED) is 0.111. The Morgan fingerprint density at radius 2 is 1.69 bits per heavy atom. The standard InChI is InChI=1S/C41H40N4O9/c46-34-15-13-31(32-14-16-36(48)43-38(32)34)35(47)21-42-20-25-9-11-26(12-10-25)39(50)44-22-27-17-18-45(33(27)23-44)37(49)24-54-30-8-4-7-29(19-30)41(53,40(51)52)28-5-2-1-3-6-28/h1-16,19,27,33,35,42,46-47,53H,17-18,20-24H2,(H,43,48)(H,51,52)/t27-,33+,35?,41?/m1/s1. The van der Waals surface area contributed by atoms with Gasteiger partial charge in [-0.15, -0.1) is 0 Å². The Morgan fingerprint density at radius 1 is 0.926 bits per heavy atom. The van der Waals surface area contributed by atoms with Crippen molar-refractivity contribution < 1.29 is 39.5 Å². The molecule has 6 N–H and O–H groups in total. The normalized spacial score (nSPS) is 18.3. The molecule has 3 heterocycles. The first-order valence-electron chi connectivity index (χ1n) is 17.7. The topological polar surface area (TPSA) is 193 Å². The Morgan fingerprint density at radius 3 is 2.44 bits per heavy atom. The van der Waals surface area contributed by atoms with Crippen molar-refractivity contribution in [2.45, 2.75) is 30.7 Å². The molecule has 0 bridgehead atoms. The van der Waals surface area contributed by atoms with E-state index >= 15 is 0 Å². The number of hydrogen-bond donors (Lipinski definition) is 6. The Bertz CT molecular complexity index is 2240. The first kappa shape index (κ1) is 36.3. The molecule has 13 nitrogen and oxygen atoms in total. The smallest absolute Gasteiger partial charge is 0.345 e. The Hall–Kier alpha value is -6.02. The molecule has 1 aromatic heterocycles. The summed E-state index contributed by atoms with van der Waals surface area (Å²) in [4.78, 5) is 56.9. The van der Waals surface area contributed by atoms with Crippen molar-refractivity contribution in [3.05, 3.63) is 141 Å². The highest BCUT2D eigenvalue weighted by molar-refractivity contribution is 5.94. The molecule has 7 rings (SSSR count). The molecule has 2 saturated heterocycles. The zero-order valence-corrected chi connectivity index (χ0v) is 29.2. The third kappa shape index (κ3) is 7.16. The van der Waals surface area contributed by atoms with E-state index in [4.69, 9.17) is 4.74 Å². The minimum atomic E-state index is -2.30. The molecule has 0 radical (unpaired) electrons. The zero-order valence-electron chi connectivity index (χ0n) is 29.2. The van der Waals surface area contributed by atoms with E-state index in [0.29, 0.717) is 42.7 Å². The lowest BCUT2D eigenvalue weighted by atomic mass is 9.86. The third-order valence-corrected chi connectivity index (χ3v) is 10.4. The molecule has 0 saturated carbocycles. The summed E-state index contributed by atoms with van der Waals surface area (Å²) in [5.41, 5.74) is -0.0892. The van der Waals surface area contributed by atoms with E-state index in [1.165, 1.54) is 36.4 Å². The predicted molar refractivity (Wildman–Crippen MR) is 198 cm³/mol. The number of aromatic hydroxyl groups is 1. The van der Waals surface area contributed by atoms with E-state index in [1.807, 2.05) is 12.1 Å². The lowest BCUT2D eigenvalue weighted by Gasteiger charge is -2.26. The number of aliphatic carboxylic acids is 1. The fourth-order valence-electron chi connectivity index (χ4n) is 7.53. The maximum Gasteiger partial charge on any atom is 0.345 e. The molecule has 0 spiro atoms. The fourth-order valence-corrected chi connectivity index (χ4v) is 7.53. The number of nitrogens with one attached hydrogen (secondary N) is 2. The molecule has 5 aromatic rings. The number of aliphatic hydroxyl groups is 2. The van der Waals surface area contributed by atoms with Gasteiger partial charge in [0.1, 0.15) is 11.5 Å². The molecule has 13 heteroatoms. The Labute approximate surface area is 310 Å². The molecule has 2 unspecified atom stereocenters. The second kappa shape index (κ2) is 15.1. The van der Waals surface area contributed by atoms with Crippen LogP contribution in [0.3, 0.4) is 0 Å². The van der Waals surface area contributed by atoms with Gasteiger partial charge < -0.3 is 45.3 Å². The molecular formula is C41H40N4O9. The lowest BCUT2D eigenvalue weighted by Crippen LogP contribution is -2.42. The summed E-state index contributed by atoms with van der Waals surface area (Å²) in [5, 5.41) is 45.9. The van der Waals surface area contributed by atoms with Crippen molar-refractivity contribution in [2.75, 3.05) is 32.8 Å². The third-order valence-electron chi connectivity index (χ3n) is 10.4. The number of H-pyrrole nitrogens is 1. The van der Waals surface area contributed by atoms with Gasteiger partial charge in [0.25, 0.3) is 11.8 Å². The second-order valence-electron chi connectivity index (χ2n) is 13.7. The van der Waals surface area contributed by atoms with Crippen LogP contribution in [-0.4, -0.2) is 91.8 Å². The van der Waals surface area contributed by atoms with E-state index in [9.17, 15) is 39.6 Å². The summed E-state index contributed by atoms with van der Waals surface area (Å²) in [6.07, 6.45) is -0.142. The van der Waals surface area contributed by atoms with Gasteiger partial charge in [0.15, 0.2) is 6.61 Å². The van der Waals surface area contributed by atoms with Gasteiger partial charge in [0.2, 0.25) is 11.2 Å². The number of nitrogens with zero attached hydrogens (tertiary/aromatic N) is 2. The molecule has 54 heavy (non-hydrogen) atoms. The average Bonchev–Trinajstić information content (AvgIpc) is 3.79. The van der Waals surface area contributed by atoms with Crippen molar-refractivity contribution in [1.29, 1.82) is 0 Å². The molecule has 2 amide bonds. The van der Waals surface area contributed by atoms with Crippen LogP contribution >= 0.6 is 0 Å². The number of carboxylic acid groups (broad SMARTS) is 1. The first-order chi connectivity index (χ1) is 26.0. The number of carbonyl (C=O) groups excluding carboxylic acids is 2. The van der Waals surface area contributed by atoms with Crippen LogP contribution in [0.1, 0.15) is 45.1 Å². The molecule has 2 fully saturated rings. The number of ether oxygens (including phenoxy) is 1. The van der Waals surface area contributed by atoms with Crippen LogP contribution in [0.15, 0.2) is 108 Å². The van der Waals surface area contributed by atoms with E-state index in [1.54, 1.807) is 64.4 Å². The van der Waals surface area contributed by atoms with Crippen molar-refractivity contribution in [3.8, 4) is 11.5 Å². The number of aromatic nitrogens is 1. The van der Waals surface area contributed by atoms with Gasteiger partial charge in [-0.25, -0.2) is 4.79 Å². The number of aromatic amines is 1. The number of likely N-dealkylation sites (tertiary alicyclic amines) is 2. The fraction of sp³-hybridized carbons (Fsp3) is 0.268. The highest BCUT2D eigenvalue weighted by atomic mass is 16.5. The summed E-state index contributed by atoms with van der Waals surface area (Å²) >= 11 is 0. The number of fused-ring (bicyclic) bond motifs is 2. The number of phenolic OH excluding ortho intramolecular Hbond substituents is 1. The highest BCUT2D eigenvalue weighted by Crippen LogP contribution is 2.34. The number of phenols is 1. The van der Waals surface area contributed by atoms with Gasteiger partial charge in [0, 0.05) is 61.2 Å². The van der Waals surface area contributed by atoms with Crippen molar-refractivity contribution in [3.63, 3.8) is 0 Å². The number of hydrogen-bond acceptors (Lipinski definition) is 9. The number of benzene rings is 4. The molecular weight excluding hydrogens is 692 g/mol. The van der Waals surface area contributed by atoms with Gasteiger partial charge in [-0.1, -0.05) is 60.7 Å². The zero-order chi connectivity index (χ0) is 38.0. The minimum Gasteiger partial charge on any atom is -0.506 e. The molecule has 0 aliphatic carbocycles. The summed E-state index contributed by atoms with van der Waals surface area (Å²) in [6, 6.07) is 27.2. The number of carboxylic acids is 1. The summed E-state index contributed by atoms with van der Waals surface area (Å²) in [6.45, 7) is 1.84. The number of aliphatic hydroxyl groups excluding tert-OH is 1. The minimum absolute atomic E-state index is 0.0753. The van der Waals surface area contributed by atoms with Gasteiger partial charge in [0.05, 0.1) is 17.7 Å². The van der Waals surface area contributed by atoms with Crippen LogP contribution in [0.2, 0.25) is 0 Å². The van der Waals surface area contributed by atoms with Gasteiger partial charge in [-0.05, 0) is 59.5 Å². The van der Waals surface area contributed by atoms with Crippen molar-refractivity contribution in [1.82, 2.24) is 20.1 Å². The van der Waals surface area contributed by atoms with Crippen LogP contribution in [0.25, 0.3) is 10.9 Å². The van der Waals surface area contributed by atoms with Gasteiger partial charge in [-0.2, -0.15) is 0 Å². The second-order valence-corrected chi connectivity index (χ2v) is 13.7. The van der Waals surface area contributed by atoms with E-state index in [-0.39, 0.29) is 70.6 Å². The van der Waals surface area contributed by atoms with E-state index in [0.717, 1.165) is 12.0 Å². The number of rotatable bonds is 12. The number of carbonyl (C=O) groups is 3. The van der Waals surface area contributed by atoms with Crippen LogP contribution in [0.5, 0.6) is 11.5 Å². The van der Waals surface area contributed by atoms with Crippen LogP contribution in [-0.2, 0) is 21.7 Å². The monoisotopic (exact) mass is 732 g/mol. The largest absolute Gasteiger partial charge is 0.506 e. The SMILES string of the molecule is O=C(c1ccc(CNCC(O)c2ccc(O)c3[nH]c(=O)ccc23)cc1)N1C[C@H]2CCN(C(=O)COc3cccc(C(O)(C(=O)O)c4ccccc4)c3)[C@H]2C1. The lowest BCUT2D eigenvalue weighted by molar-refractivity contribution is -0.155. The number of pyridine rings is 1. The molecule has 2 aliphatic rings. The average molecular weight is 733 g/mol. The van der Waals surface area contributed by atoms with Crippen LogP contribution in [0, 0.1) is 5.92 Å². The molecule has 278 valence electrons. The van der Waals surface area contributed by atoms with Crippen molar-refractivity contribution >= 4 is 28.7 Å². The number of amides is 2. The van der Waals surface area contributed by atoms with Gasteiger partial charge in [-0.3, -0.25) is 14.4 Å². The summed E-state index contributed by atoms with van der Waals surface area (Å²) in [5.74, 6) is -1.49. The van der Waals surface area contributed by atoms with Gasteiger partial charge >= 0.3 is 5.97 Å². The van der Waals surface area contributed by atoms with Crippen LogP contribution in [0.4, 0.5) is 0 Å². The van der Waals surface area contributed by atoms with E-state index in [2.05, 4.69) is 10.3 Å². The molecule has 4 atom stereocenters. The molecule has 4 aromatic carbocycles. The van der Waals surface area contributed by atoms with Crippen LogP contribution < -0.4 is 15.6 Å². The Balaban J connectivity index is 0.914. The first-order valence-corrected chi connectivity index (χ1v) is 17.7.